The highest BCUT2D eigenvalue weighted by Crippen LogP contribution is 2.28. The Morgan fingerprint density at radius 2 is 1.84 bits per heavy atom. The molecule has 1 atom stereocenters. The molecule has 0 saturated heterocycles. The second-order valence-corrected chi connectivity index (χ2v) is 7.22. The zero-order valence-electron chi connectivity index (χ0n) is 14.2. The molecule has 1 aromatic carbocycles. The van der Waals surface area contributed by atoms with E-state index in [1.54, 1.807) is 18.2 Å². The maximum Gasteiger partial charge on any atom is 0.313 e. The smallest absolute Gasteiger partial charge is 0.313 e. The molecule has 1 aromatic heterocycles. The van der Waals surface area contributed by atoms with Gasteiger partial charge in [-0.15, -0.1) is 11.3 Å². The van der Waals surface area contributed by atoms with Gasteiger partial charge >= 0.3 is 11.8 Å². The van der Waals surface area contributed by atoms with Gasteiger partial charge in [0, 0.05) is 44.0 Å². The van der Waals surface area contributed by atoms with Crippen LogP contribution in [0.1, 0.15) is 11.0 Å². The molecule has 2 N–H and O–H groups in total. The summed E-state index contributed by atoms with van der Waals surface area (Å²) in [5.74, 6) is -1.45. The maximum absolute atomic E-state index is 12.0. The fraction of sp³-hybridized carbons (Fsp3) is 0.294. The molecule has 134 valence electrons. The van der Waals surface area contributed by atoms with Gasteiger partial charge in [-0.3, -0.25) is 9.59 Å². The van der Waals surface area contributed by atoms with Crippen molar-refractivity contribution in [2.24, 2.45) is 0 Å². The van der Waals surface area contributed by atoms with Gasteiger partial charge in [0.15, 0.2) is 0 Å². The topological polar surface area (TPSA) is 70.7 Å². The first-order chi connectivity index (χ1) is 11.9. The van der Waals surface area contributed by atoms with Crippen molar-refractivity contribution < 1.29 is 14.3 Å². The Morgan fingerprint density at radius 3 is 2.36 bits per heavy atom. The van der Waals surface area contributed by atoms with Crippen molar-refractivity contribution in [1.29, 1.82) is 0 Å². The molecule has 1 heterocycles. The van der Waals surface area contributed by atoms with Crippen molar-refractivity contribution >= 4 is 46.1 Å². The van der Waals surface area contributed by atoms with Crippen LogP contribution in [0.2, 0.25) is 4.34 Å². The molecule has 0 radical (unpaired) electrons. The van der Waals surface area contributed by atoms with E-state index in [0.29, 0.717) is 10.0 Å². The van der Waals surface area contributed by atoms with Gasteiger partial charge < -0.3 is 20.3 Å². The Bertz CT molecular complexity index is 731. The quantitative estimate of drug-likeness (QED) is 0.755. The van der Waals surface area contributed by atoms with Crippen LogP contribution in [0.3, 0.4) is 0 Å². The number of nitrogens with one attached hydrogen (secondary N) is 2. The molecule has 1 unspecified atom stereocenters. The number of hydrogen-bond acceptors (Lipinski definition) is 5. The van der Waals surface area contributed by atoms with Gasteiger partial charge in [0.05, 0.1) is 4.34 Å². The minimum atomic E-state index is -0.725. The number of benzene rings is 1. The third-order valence-corrected chi connectivity index (χ3v) is 4.81. The molecule has 2 amide bonds. The minimum Gasteiger partial charge on any atom is -0.378 e. The van der Waals surface area contributed by atoms with E-state index in [1.807, 2.05) is 37.2 Å². The summed E-state index contributed by atoms with van der Waals surface area (Å²) in [6.45, 7) is 0.180. The molecule has 0 spiro atoms. The summed E-state index contributed by atoms with van der Waals surface area (Å²) in [6, 6.07) is 10.8. The van der Waals surface area contributed by atoms with Crippen molar-refractivity contribution in [1.82, 2.24) is 5.32 Å². The zero-order valence-corrected chi connectivity index (χ0v) is 15.8. The number of halogens is 1. The number of carbonyl (C=O) groups is 2. The summed E-state index contributed by atoms with van der Waals surface area (Å²) in [7, 11) is 5.39. The van der Waals surface area contributed by atoms with Gasteiger partial charge in [-0.05, 0) is 36.4 Å². The minimum absolute atomic E-state index is 0.180. The van der Waals surface area contributed by atoms with Crippen molar-refractivity contribution in [3.05, 3.63) is 45.6 Å². The summed E-state index contributed by atoms with van der Waals surface area (Å²) in [4.78, 5) is 26.8. The number of anilines is 2. The molecule has 0 fully saturated rings. The van der Waals surface area contributed by atoms with Crippen LogP contribution >= 0.6 is 22.9 Å². The first kappa shape index (κ1) is 19.2. The van der Waals surface area contributed by atoms with E-state index in [2.05, 4.69) is 10.6 Å². The largest absolute Gasteiger partial charge is 0.378 e. The van der Waals surface area contributed by atoms with E-state index in [-0.39, 0.29) is 12.6 Å². The van der Waals surface area contributed by atoms with Crippen LogP contribution in [0.25, 0.3) is 0 Å². The Kier molecular flexibility index (Phi) is 6.81. The predicted molar refractivity (Wildman–Crippen MR) is 101 cm³/mol. The van der Waals surface area contributed by atoms with E-state index in [0.717, 1.165) is 10.6 Å². The number of nitrogens with zero attached hydrogens (tertiary/aromatic N) is 1. The van der Waals surface area contributed by atoms with Gasteiger partial charge in [0.25, 0.3) is 0 Å². The number of carbonyl (C=O) groups excluding carboxylic acids is 2. The average Bonchev–Trinajstić information content (AvgIpc) is 3.02. The normalized spacial score (nSPS) is 11.7. The van der Waals surface area contributed by atoms with Gasteiger partial charge in [-0.2, -0.15) is 0 Å². The average molecular weight is 382 g/mol. The van der Waals surface area contributed by atoms with Gasteiger partial charge in [0.1, 0.15) is 6.10 Å². The predicted octanol–water partition coefficient (Wildman–Crippen LogP) is 2.91. The van der Waals surface area contributed by atoms with Crippen molar-refractivity contribution in [2.75, 3.05) is 38.0 Å². The molecule has 0 aliphatic rings. The van der Waals surface area contributed by atoms with E-state index in [1.165, 1.54) is 18.4 Å². The number of rotatable bonds is 6. The molecule has 2 aromatic rings. The van der Waals surface area contributed by atoms with Crippen LogP contribution in [0.5, 0.6) is 0 Å². The standard InChI is InChI=1S/C17H20ClN3O3S/c1-21(2)12-6-4-11(5-7-12)20-17(23)16(22)19-10-13(24-3)14-8-9-15(18)25-14/h4-9,13H,10H2,1-3H3,(H,19,22)(H,20,23). The van der Waals surface area contributed by atoms with Crippen molar-refractivity contribution in [3.8, 4) is 0 Å². The number of thiophene rings is 1. The molecular weight excluding hydrogens is 362 g/mol. The second-order valence-electron chi connectivity index (χ2n) is 5.47. The highest BCUT2D eigenvalue weighted by atomic mass is 35.5. The maximum atomic E-state index is 12.0. The number of ether oxygens (including phenoxy) is 1. The lowest BCUT2D eigenvalue weighted by Crippen LogP contribution is -2.37. The Balaban J connectivity index is 1.88. The first-order valence-corrected chi connectivity index (χ1v) is 8.74. The van der Waals surface area contributed by atoms with Crippen LogP contribution < -0.4 is 15.5 Å². The van der Waals surface area contributed by atoms with E-state index >= 15 is 0 Å². The number of amides is 2. The van der Waals surface area contributed by atoms with E-state index < -0.39 is 11.8 Å². The van der Waals surface area contributed by atoms with E-state index in [4.69, 9.17) is 16.3 Å². The molecule has 25 heavy (non-hydrogen) atoms. The van der Waals surface area contributed by atoms with Crippen LogP contribution in [0.15, 0.2) is 36.4 Å². The summed E-state index contributed by atoms with van der Waals surface area (Å²) < 4.78 is 5.98. The molecule has 2 rings (SSSR count). The fourth-order valence-corrected chi connectivity index (χ4v) is 3.24. The molecule has 0 aliphatic carbocycles. The lowest BCUT2D eigenvalue weighted by atomic mass is 10.2. The molecule has 0 saturated carbocycles. The monoisotopic (exact) mass is 381 g/mol. The molecular formula is C17H20ClN3O3S. The number of methoxy groups -OCH3 is 1. The molecule has 0 bridgehead atoms. The van der Waals surface area contributed by atoms with Crippen molar-refractivity contribution in [2.45, 2.75) is 6.10 Å². The number of hydrogen-bond donors (Lipinski definition) is 2. The highest BCUT2D eigenvalue weighted by Gasteiger charge is 2.18. The van der Waals surface area contributed by atoms with Crippen LogP contribution in [-0.4, -0.2) is 39.6 Å². The van der Waals surface area contributed by atoms with Crippen molar-refractivity contribution in [3.63, 3.8) is 0 Å². The van der Waals surface area contributed by atoms with Crippen LogP contribution in [-0.2, 0) is 14.3 Å². The summed E-state index contributed by atoms with van der Waals surface area (Å²) in [5.41, 5.74) is 1.55. The summed E-state index contributed by atoms with van der Waals surface area (Å²) in [6.07, 6.45) is -0.353. The first-order valence-electron chi connectivity index (χ1n) is 7.55. The molecule has 6 nitrogen and oxygen atoms in total. The van der Waals surface area contributed by atoms with Gasteiger partial charge in [0.2, 0.25) is 0 Å². The van der Waals surface area contributed by atoms with Gasteiger partial charge in [-0.1, -0.05) is 11.6 Å². The summed E-state index contributed by atoms with van der Waals surface area (Å²) >= 11 is 7.28. The van der Waals surface area contributed by atoms with Crippen LogP contribution in [0, 0.1) is 0 Å². The molecule has 0 aliphatic heterocycles. The Labute approximate surface area is 155 Å². The van der Waals surface area contributed by atoms with Gasteiger partial charge in [-0.25, -0.2) is 0 Å². The zero-order chi connectivity index (χ0) is 18.4. The third kappa shape index (κ3) is 5.45. The third-order valence-electron chi connectivity index (χ3n) is 3.49. The fourth-order valence-electron chi connectivity index (χ4n) is 2.10. The van der Waals surface area contributed by atoms with Crippen LogP contribution in [0.4, 0.5) is 11.4 Å². The Morgan fingerprint density at radius 1 is 1.16 bits per heavy atom. The summed E-state index contributed by atoms with van der Waals surface area (Å²) in [5, 5.41) is 5.14. The lowest BCUT2D eigenvalue weighted by Gasteiger charge is -2.15. The second kappa shape index (κ2) is 8.84. The molecule has 8 heteroatoms. The lowest BCUT2D eigenvalue weighted by molar-refractivity contribution is -0.136. The highest BCUT2D eigenvalue weighted by molar-refractivity contribution is 7.16. The van der Waals surface area contributed by atoms with E-state index in [9.17, 15) is 9.59 Å². The Hall–Kier alpha value is -2.09. The SMILES string of the molecule is COC(CNC(=O)C(=O)Nc1ccc(N(C)C)cc1)c1ccc(Cl)s1.